The van der Waals surface area contributed by atoms with E-state index in [0.29, 0.717) is 15.6 Å². The second kappa shape index (κ2) is 7.74. The molecule has 0 radical (unpaired) electrons. The molecule has 19 heavy (non-hydrogen) atoms. The summed E-state index contributed by atoms with van der Waals surface area (Å²) in [6.07, 6.45) is 3.36. The summed E-state index contributed by atoms with van der Waals surface area (Å²) in [5.74, 6) is 6.66. The molecule has 0 aromatic heterocycles. The van der Waals surface area contributed by atoms with Crippen LogP contribution in [0.15, 0.2) is 58.6 Å². The number of hydrogen-bond acceptors (Lipinski definition) is 1. The molecule has 3 heteroatoms. The molecular weight excluding hydrogens is 279 g/mol. The van der Waals surface area contributed by atoms with Crippen LogP contribution in [0.4, 0.5) is 0 Å². The highest BCUT2D eigenvalue weighted by molar-refractivity contribution is 6.36. The Balaban J connectivity index is 2.82. The fourth-order valence-electron chi connectivity index (χ4n) is 1.17. The third-order valence-electron chi connectivity index (χ3n) is 2.28. The number of ether oxygens (including phenoxy) is 1. The molecule has 0 saturated carbocycles. The van der Waals surface area contributed by atoms with Crippen molar-refractivity contribution in [3.05, 3.63) is 64.2 Å². The Morgan fingerprint density at radius 1 is 1.26 bits per heavy atom. The molecule has 98 valence electrons. The van der Waals surface area contributed by atoms with Gasteiger partial charge in [0.1, 0.15) is 5.75 Å². The summed E-state index contributed by atoms with van der Waals surface area (Å²) in [5.41, 5.74) is 1.39. The highest BCUT2D eigenvalue weighted by Gasteiger charge is 1.97. The lowest BCUT2D eigenvalue weighted by atomic mass is 10.2. The SMILES string of the molecule is C=C(C#Cc1ccc(OC)cc1)/C(Cl)=C\C(Cl)=C/C. The van der Waals surface area contributed by atoms with E-state index in [0.717, 1.165) is 11.3 Å². The smallest absolute Gasteiger partial charge is 0.118 e. The second-order valence-electron chi connectivity index (χ2n) is 3.62. The summed E-state index contributed by atoms with van der Waals surface area (Å²) >= 11 is 11.9. The normalized spacial score (nSPS) is 11.6. The van der Waals surface area contributed by atoms with Crippen molar-refractivity contribution in [3.63, 3.8) is 0 Å². The fourth-order valence-corrected chi connectivity index (χ4v) is 1.50. The van der Waals surface area contributed by atoms with Gasteiger partial charge in [-0.05, 0) is 37.3 Å². The minimum absolute atomic E-state index is 0.434. The maximum Gasteiger partial charge on any atom is 0.118 e. The summed E-state index contributed by atoms with van der Waals surface area (Å²) in [6.45, 7) is 5.63. The predicted octanol–water partition coefficient (Wildman–Crippen LogP) is 4.87. The number of halogens is 2. The molecule has 0 fully saturated rings. The van der Waals surface area contributed by atoms with Gasteiger partial charge in [-0.1, -0.05) is 47.7 Å². The molecule has 0 amide bonds. The Hall–Kier alpha value is -1.62. The molecule has 0 unspecified atom stereocenters. The van der Waals surface area contributed by atoms with Crippen molar-refractivity contribution in [3.8, 4) is 17.6 Å². The maximum atomic E-state index is 6.03. The van der Waals surface area contributed by atoms with E-state index < -0.39 is 0 Å². The lowest BCUT2D eigenvalue weighted by Crippen LogP contribution is -1.82. The van der Waals surface area contributed by atoms with Crippen molar-refractivity contribution in [1.29, 1.82) is 0 Å². The average Bonchev–Trinajstić information content (AvgIpc) is 2.44. The quantitative estimate of drug-likeness (QED) is 0.570. The largest absolute Gasteiger partial charge is 0.497 e. The zero-order valence-corrected chi connectivity index (χ0v) is 12.3. The molecule has 1 aromatic rings. The first-order valence-corrected chi connectivity index (χ1v) is 6.36. The van der Waals surface area contributed by atoms with E-state index in [1.807, 2.05) is 31.2 Å². The van der Waals surface area contributed by atoms with Gasteiger partial charge in [0, 0.05) is 16.2 Å². The molecule has 1 rings (SSSR count). The Morgan fingerprint density at radius 2 is 1.89 bits per heavy atom. The molecule has 0 aliphatic carbocycles. The average molecular weight is 293 g/mol. The van der Waals surface area contributed by atoms with Crippen molar-refractivity contribution >= 4 is 23.2 Å². The van der Waals surface area contributed by atoms with Crippen molar-refractivity contribution in [1.82, 2.24) is 0 Å². The standard InChI is InChI=1S/C16H14Cl2O/c1-4-14(17)11-16(18)12(2)5-6-13-7-9-15(19-3)10-8-13/h4,7-11H,2H2,1,3H3/b14-4+,16-11+. The van der Waals surface area contributed by atoms with Gasteiger partial charge in [-0.3, -0.25) is 0 Å². The van der Waals surface area contributed by atoms with Crippen molar-refractivity contribution in [2.45, 2.75) is 6.92 Å². The van der Waals surface area contributed by atoms with Crippen LogP contribution < -0.4 is 4.74 Å². The van der Waals surface area contributed by atoms with Crippen LogP contribution in [-0.2, 0) is 0 Å². The van der Waals surface area contributed by atoms with Crippen LogP contribution in [0.3, 0.4) is 0 Å². The lowest BCUT2D eigenvalue weighted by molar-refractivity contribution is 0.415. The van der Waals surface area contributed by atoms with Gasteiger partial charge in [-0.25, -0.2) is 0 Å². The van der Waals surface area contributed by atoms with E-state index in [4.69, 9.17) is 27.9 Å². The Morgan fingerprint density at radius 3 is 2.42 bits per heavy atom. The number of methoxy groups -OCH3 is 1. The van der Waals surface area contributed by atoms with E-state index in [-0.39, 0.29) is 0 Å². The molecule has 0 aliphatic rings. The minimum atomic E-state index is 0.434. The van der Waals surface area contributed by atoms with E-state index >= 15 is 0 Å². The lowest BCUT2D eigenvalue weighted by Gasteiger charge is -1.98. The van der Waals surface area contributed by atoms with E-state index in [1.165, 1.54) is 0 Å². The van der Waals surface area contributed by atoms with Gasteiger partial charge in [-0.15, -0.1) is 0 Å². The first-order valence-electron chi connectivity index (χ1n) is 5.61. The number of allylic oxidation sites excluding steroid dienone is 5. The Kier molecular flexibility index (Phi) is 6.29. The third-order valence-corrected chi connectivity index (χ3v) is 2.94. The van der Waals surface area contributed by atoms with E-state index in [2.05, 4.69) is 18.4 Å². The zero-order valence-electron chi connectivity index (χ0n) is 10.8. The van der Waals surface area contributed by atoms with Crippen molar-refractivity contribution in [2.24, 2.45) is 0 Å². The summed E-state index contributed by atoms with van der Waals surface area (Å²) < 4.78 is 5.07. The van der Waals surface area contributed by atoms with Crippen LogP contribution in [0.1, 0.15) is 12.5 Å². The van der Waals surface area contributed by atoms with Crippen LogP contribution in [0.25, 0.3) is 0 Å². The van der Waals surface area contributed by atoms with Gasteiger partial charge in [0.25, 0.3) is 0 Å². The van der Waals surface area contributed by atoms with Gasteiger partial charge < -0.3 is 4.74 Å². The molecule has 0 aliphatic heterocycles. The zero-order chi connectivity index (χ0) is 14.3. The van der Waals surface area contributed by atoms with Crippen molar-refractivity contribution in [2.75, 3.05) is 7.11 Å². The monoisotopic (exact) mass is 292 g/mol. The molecule has 0 heterocycles. The number of benzene rings is 1. The van der Waals surface area contributed by atoms with E-state index in [1.54, 1.807) is 19.3 Å². The first kappa shape index (κ1) is 15.4. The summed E-state index contributed by atoms with van der Waals surface area (Å²) in [4.78, 5) is 0. The van der Waals surface area contributed by atoms with Crippen LogP contribution in [0.2, 0.25) is 0 Å². The van der Waals surface area contributed by atoms with Crippen LogP contribution >= 0.6 is 23.2 Å². The molecule has 0 spiro atoms. The Labute approximate surface area is 124 Å². The minimum Gasteiger partial charge on any atom is -0.497 e. The predicted molar refractivity (Wildman–Crippen MR) is 82.6 cm³/mol. The van der Waals surface area contributed by atoms with Gasteiger partial charge >= 0.3 is 0 Å². The summed E-state index contributed by atoms with van der Waals surface area (Å²) in [7, 11) is 1.62. The topological polar surface area (TPSA) is 9.23 Å². The highest BCUT2D eigenvalue weighted by atomic mass is 35.5. The molecule has 0 N–H and O–H groups in total. The van der Waals surface area contributed by atoms with Gasteiger partial charge in [0.15, 0.2) is 0 Å². The Bertz CT molecular complexity index is 569. The van der Waals surface area contributed by atoms with Crippen molar-refractivity contribution < 1.29 is 4.74 Å². The van der Waals surface area contributed by atoms with Crippen LogP contribution in [-0.4, -0.2) is 7.11 Å². The maximum absolute atomic E-state index is 6.03. The molecule has 1 nitrogen and oxygen atoms in total. The first-order chi connectivity index (χ1) is 9.06. The highest BCUT2D eigenvalue weighted by Crippen LogP contribution is 2.17. The van der Waals surface area contributed by atoms with Gasteiger partial charge in [0.05, 0.1) is 12.1 Å². The van der Waals surface area contributed by atoms with Gasteiger partial charge in [-0.2, -0.15) is 0 Å². The second-order valence-corrected chi connectivity index (χ2v) is 4.47. The molecule has 0 bridgehead atoms. The molecule has 0 saturated heterocycles. The van der Waals surface area contributed by atoms with Crippen LogP contribution in [0, 0.1) is 11.8 Å². The van der Waals surface area contributed by atoms with Gasteiger partial charge in [0.2, 0.25) is 0 Å². The molecular formula is C16H14Cl2O. The number of rotatable bonds is 3. The molecule has 1 aromatic carbocycles. The molecule has 0 atom stereocenters. The van der Waals surface area contributed by atoms with E-state index in [9.17, 15) is 0 Å². The number of hydrogen-bond donors (Lipinski definition) is 0. The third kappa shape index (κ3) is 5.26. The fraction of sp³-hybridized carbons (Fsp3) is 0.125. The summed E-state index contributed by atoms with van der Waals surface area (Å²) in [5, 5.41) is 0.988. The summed E-state index contributed by atoms with van der Waals surface area (Å²) in [6, 6.07) is 7.44. The van der Waals surface area contributed by atoms with Crippen LogP contribution in [0.5, 0.6) is 5.75 Å².